The predicted molar refractivity (Wildman–Crippen MR) is 118 cm³/mol. The molecule has 0 aliphatic rings. The van der Waals surface area contributed by atoms with Crippen LogP contribution in [-0.4, -0.2) is 13.7 Å². The van der Waals surface area contributed by atoms with E-state index in [0.717, 1.165) is 30.1 Å². The molecule has 0 bridgehead atoms. The molecule has 3 nitrogen and oxygen atoms in total. The molecule has 0 heterocycles. The summed E-state index contributed by atoms with van der Waals surface area (Å²) in [5.74, 6) is 0.919. The fraction of sp³-hybridized carbons (Fsp3) is 0.182. The van der Waals surface area contributed by atoms with Gasteiger partial charge in [-0.15, -0.1) is 24.8 Å². The summed E-state index contributed by atoms with van der Waals surface area (Å²) < 4.78 is 5.43. The molecule has 0 aliphatic heterocycles. The molecule has 1 atom stereocenters. The number of para-hydroxylation sites is 2. The van der Waals surface area contributed by atoms with Crippen molar-refractivity contribution in [1.29, 1.82) is 0 Å². The van der Waals surface area contributed by atoms with Gasteiger partial charge in [0.25, 0.3) is 0 Å². The van der Waals surface area contributed by atoms with Gasteiger partial charge < -0.3 is 15.4 Å². The first-order valence-electron chi connectivity index (χ1n) is 8.56. The van der Waals surface area contributed by atoms with Gasteiger partial charge in [-0.2, -0.15) is 0 Å². The standard InChI is InChI=1S/C22H24N2O.2ClH/c1-25-22-15-9-8-12-19(22)16-23-17-21(18-10-4-2-5-11-18)24-20-13-6-3-7-14-20;;/h2-15,21,23-24H,16-17H2,1H3;2*1H. The molecule has 0 saturated carbocycles. The lowest BCUT2D eigenvalue weighted by Gasteiger charge is -2.21. The van der Waals surface area contributed by atoms with Crippen molar-refractivity contribution in [3.8, 4) is 5.75 Å². The third-order valence-electron chi connectivity index (χ3n) is 4.17. The summed E-state index contributed by atoms with van der Waals surface area (Å²) >= 11 is 0. The van der Waals surface area contributed by atoms with Crippen LogP contribution in [0.25, 0.3) is 0 Å². The Balaban J connectivity index is 0.00000182. The molecule has 144 valence electrons. The topological polar surface area (TPSA) is 33.3 Å². The smallest absolute Gasteiger partial charge is 0.123 e. The van der Waals surface area contributed by atoms with Crippen LogP contribution in [0.4, 0.5) is 5.69 Å². The number of anilines is 1. The Labute approximate surface area is 174 Å². The fourth-order valence-corrected chi connectivity index (χ4v) is 2.87. The molecular weight excluding hydrogens is 379 g/mol. The lowest BCUT2D eigenvalue weighted by Crippen LogP contribution is -2.26. The van der Waals surface area contributed by atoms with Crippen molar-refractivity contribution >= 4 is 30.5 Å². The van der Waals surface area contributed by atoms with Gasteiger partial charge in [0.05, 0.1) is 13.2 Å². The van der Waals surface area contributed by atoms with Gasteiger partial charge >= 0.3 is 0 Å². The molecule has 3 rings (SSSR count). The van der Waals surface area contributed by atoms with Crippen LogP contribution in [0.3, 0.4) is 0 Å². The molecule has 0 radical (unpaired) electrons. The Morgan fingerprint density at radius 2 is 1.37 bits per heavy atom. The van der Waals surface area contributed by atoms with Crippen LogP contribution in [0.15, 0.2) is 84.9 Å². The maximum absolute atomic E-state index is 5.43. The van der Waals surface area contributed by atoms with E-state index in [0.29, 0.717) is 0 Å². The first-order chi connectivity index (χ1) is 12.4. The zero-order chi connectivity index (χ0) is 17.3. The number of rotatable bonds is 8. The Bertz CT molecular complexity index is 770. The monoisotopic (exact) mass is 404 g/mol. The number of hydrogen-bond acceptors (Lipinski definition) is 3. The Hall–Kier alpha value is -2.20. The van der Waals surface area contributed by atoms with E-state index in [9.17, 15) is 0 Å². The summed E-state index contributed by atoms with van der Waals surface area (Å²) in [5, 5.41) is 7.17. The van der Waals surface area contributed by atoms with Gasteiger partial charge in [0.15, 0.2) is 0 Å². The molecule has 27 heavy (non-hydrogen) atoms. The van der Waals surface area contributed by atoms with Gasteiger partial charge in [-0.25, -0.2) is 0 Å². The van der Waals surface area contributed by atoms with Gasteiger partial charge in [-0.1, -0.05) is 66.7 Å². The minimum absolute atomic E-state index is 0. The summed E-state index contributed by atoms with van der Waals surface area (Å²) in [7, 11) is 1.71. The molecule has 1 unspecified atom stereocenters. The van der Waals surface area contributed by atoms with E-state index in [2.05, 4.69) is 53.1 Å². The van der Waals surface area contributed by atoms with E-state index in [1.807, 2.05) is 42.5 Å². The van der Waals surface area contributed by atoms with Crippen molar-refractivity contribution in [1.82, 2.24) is 5.32 Å². The molecule has 5 heteroatoms. The third-order valence-corrected chi connectivity index (χ3v) is 4.17. The SMILES string of the molecule is COc1ccccc1CNCC(Nc1ccccc1)c1ccccc1.Cl.Cl. The molecular formula is C22H26Cl2N2O. The average Bonchev–Trinajstić information content (AvgIpc) is 2.69. The second-order valence-corrected chi connectivity index (χ2v) is 5.92. The normalized spacial score (nSPS) is 10.9. The first kappa shape index (κ1) is 22.8. The van der Waals surface area contributed by atoms with E-state index >= 15 is 0 Å². The van der Waals surface area contributed by atoms with E-state index < -0.39 is 0 Å². The van der Waals surface area contributed by atoms with E-state index in [1.54, 1.807) is 7.11 Å². The van der Waals surface area contributed by atoms with Crippen LogP contribution in [0.1, 0.15) is 17.2 Å². The predicted octanol–water partition coefficient (Wildman–Crippen LogP) is 5.48. The lowest BCUT2D eigenvalue weighted by molar-refractivity contribution is 0.407. The van der Waals surface area contributed by atoms with Crippen molar-refractivity contribution < 1.29 is 4.74 Å². The zero-order valence-corrected chi connectivity index (χ0v) is 16.9. The Morgan fingerprint density at radius 1 is 0.778 bits per heavy atom. The highest BCUT2D eigenvalue weighted by molar-refractivity contribution is 5.85. The molecule has 0 fully saturated rings. The van der Waals surface area contributed by atoms with Gasteiger partial charge in [0.1, 0.15) is 5.75 Å². The van der Waals surface area contributed by atoms with Crippen LogP contribution >= 0.6 is 24.8 Å². The number of nitrogens with one attached hydrogen (secondary N) is 2. The largest absolute Gasteiger partial charge is 0.496 e. The minimum Gasteiger partial charge on any atom is -0.496 e. The highest BCUT2D eigenvalue weighted by Gasteiger charge is 2.11. The Kier molecular flexibility index (Phi) is 10.3. The number of ether oxygens (including phenoxy) is 1. The van der Waals surface area contributed by atoms with Crippen molar-refractivity contribution in [3.63, 3.8) is 0 Å². The van der Waals surface area contributed by atoms with E-state index in [1.165, 1.54) is 5.56 Å². The van der Waals surface area contributed by atoms with Crippen LogP contribution < -0.4 is 15.4 Å². The summed E-state index contributed by atoms with van der Waals surface area (Å²) in [6, 6.07) is 29.1. The number of methoxy groups -OCH3 is 1. The summed E-state index contributed by atoms with van der Waals surface area (Å²) in [6.07, 6.45) is 0. The third kappa shape index (κ3) is 6.79. The van der Waals surface area contributed by atoms with Crippen molar-refractivity contribution in [2.75, 3.05) is 19.0 Å². The lowest BCUT2D eigenvalue weighted by atomic mass is 10.1. The fourth-order valence-electron chi connectivity index (χ4n) is 2.87. The maximum atomic E-state index is 5.43. The second-order valence-electron chi connectivity index (χ2n) is 5.92. The summed E-state index contributed by atoms with van der Waals surface area (Å²) in [5.41, 5.74) is 3.55. The van der Waals surface area contributed by atoms with Gasteiger partial charge in [-0.05, 0) is 23.8 Å². The van der Waals surface area contributed by atoms with E-state index in [-0.39, 0.29) is 30.9 Å². The molecule has 2 N–H and O–H groups in total. The van der Waals surface area contributed by atoms with Crippen molar-refractivity contribution in [2.24, 2.45) is 0 Å². The van der Waals surface area contributed by atoms with Crippen LogP contribution in [0.2, 0.25) is 0 Å². The minimum atomic E-state index is 0. The first-order valence-corrected chi connectivity index (χ1v) is 8.56. The van der Waals surface area contributed by atoms with Crippen LogP contribution in [0.5, 0.6) is 5.75 Å². The molecule has 0 amide bonds. The number of benzene rings is 3. The summed E-state index contributed by atoms with van der Waals surface area (Å²) in [6.45, 7) is 1.58. The van der Waals surface area contributed by atoms with Gasteiger partial charge in [0.2, 0.25) is 0 Å². The van der Waals surface area contributed by atoms with Crippen molar-refractivity contribution in [3.05, 3.63) is 96.1 Å². The average molecular weight is 405 g/mol. The molecule has 0 aromatic heterocycles. The molecule has 3 aromatic rings. The highest BCUT2D eigenvalue weighted by atomic mass is 35.5. The number of halogens is 2. The molecule has 3 aromatic carbocycles. The number of hydrogen-bond donors (Lipinski definition) is 2. The second kappa shape index (κ2) is 12.2. The van der Waals surface area contributed by atoms with Gasteiger partial charge in [0, 0.05) is 24.3 Å². The highest BCUT2D eigenvalue weighted by Crippen LogP contribution is 2.20. The molecule has 0 spiro atoms. The van der Waals surface area contributed by atoms with Gasteiger partial charge in [-0.3, -0.25) is 0 Å². The van der Waals surface area contributed by atoms with Crippen LogP contribution in [-0.2, 0) is 6.54 Å². The quantitative estimate of drug-likeness (QED) is 0.521. The van der Waals surface area contributed by atoms with Crippen LogP contribution in [0, 0.1) is 0 Å². The Morgan fingerprint density at radius 3 is 2.04 bits per heavy atom. The van der Waals surface area contributed by atoms with E-state index in [4.69, 9.17) is 4.74 Å². The molecule has 0 aliphatic carbocycles. The molecule has 0 saturated heterocycles. The maximum Gasteiger partial charge on any atom is 0.123 e. The summed E-state index contributed by atoms with van der Waals surface area (Å²) in [4.78, 5) is 0. The van der Waals surface area contributed by atoms with Crippen molar-refractivity contribution in [2.45, 2.75) is 12.6 Å². The zero-order valence-electron chi connectivity index (χ0n) is 15.3.